The molecule has 1 N–H and O–H groups in total. The lowest BCUT2D eigenvalue weighted by atomic mass is 10.2. The molecule has 0 saturated heterocycles. The SMILES string of the molecule is C.C/C=C(\O)C(=O)C(=O)N=[N+]=[N-].C=C/C=C(\C=C/C)Cn1c(C=O)nc2c(=O)n(Cc3ccccc3)cnc21. The summed E-state index contributed by atoms with van der Waals surface area (Å²) >= 11 is 0. The van der Waals surface area contributed by atoms with Gasteiger partial charge in [-0.3, -0.25) is 23.7 Å². The maximum absolute atomic E-state index is 12.8. The molecule has 0 spiro atoms. The molecule has 0 aliphatic heterocycles. The lowest BCUT2D eigenvalue weighted by molar-refractivity contribution is -0.135. The molecule has 0 unspecified atom stereocenters. The van der Waals surface area contributed by atoms with E-state index in [0.29, 0.717) is 25.0 Å². The first kappa shape index (κ1) is 31.7. The molecule has 2 heterocycles. The minimum Gasteiger partial charge on any atom is -0.504 e. The Morgan fingerprint density at radius 2 is 1.92 bits per heavy atom. The Kier molecular flexibility index (Phi) is 12.7. The van der Waals surface area contributed by atoms with E-state index in [0.717, 1.165) is 17.2 Å². The molecule has 0 atom stereocenters. The molecule has 1 aromatic carbocycles. The third-order valence-corrected chi connectivity index (χ3v) is 4.94. The van der Waals surface area contributed by atoms with Gasteiger partial charge in [0.15, 0.2) is 29.0 Å². The molecule has 0 radical (unpaired) electrons. The number of benzene rings is 1. The molecule has 0 fully saturated rings. The molecule has 2 aromatic heterocycles. The smallest absolute Gasteiger partial charge is 0.292 e. The van der Waals surface area contributed by atoms with Gasteiger partial charge in [0.1, 0.15) is 6.33 Å². The molecule has 202 valence electrons. The zero-order valence-electron chi connectivity index (χ0n) is 20.8. The summed E-state index contributed by atoms with van der Waals surface area (Å²) in [4.78, 5) is 56.0. The number of aldehydes is 1. The second kappa shape index (κ2) is 15.7. The van der Waals surface area contributed by atoms with Gasteiger partial charge < -0.3 is 9.67 Å². The number of imidazole rings is 1. The van der Waals surface area contributed by atoms with E-state index in [4.69, 9.17) is 10.6 Å². The average Bonchev–Trinajstić information content (AvgIpc) is 3.28. The third kappa shape index (κ3) is 8.34. The standard InChI is InChI=1S/C21H20N4O2.C5H5N3O3.CH4/c1-3-8-16(9-4-2)13-25-18(14-26)23-19-20(25)22-15-24(21(19)27)12-17-10-6-5-7-11-17;1-2-3(9)4(10)5(11)7-8-6;/h3-11,14-15H,1,12-13H2,2H3;2,9H,1H3;1H4/b9-4-,16-8+;3-2-;. The highest BCUT2D eigenvalue weighted by Gasteiger charge is 2.17. The summed E-state index contributed by atoms with van der Waals surface area (Å²) in [5.41, 5.74) is 9.94. The number of carbonyl (C=O) groups excluding carboxylic acids is 3. The van der Waals surface area contributed by atoms with E-state index < -0.39 is 17.4 Å². The van der Waals surface area contributed by atoms with Crippen molar-refractivity contribution in [2.45, 2.75) is 34.4 Å². The van der Waals surface area contributed by atoms with Crippen molar-refractivity contribution in [3.05, 3.63) is 117 Å². The van der Waals surface area contributed by atoms with Crippen molar-refractivity contribution in [1.82, 2.24) is 19.1 Å². The number of amides is 1. The lowest BCUT2D eigenvalue weighted by Gasteiger charge is -2.08. The third-order valence-electron chi connectivity index (χ3n) is 4.94. The van der Waals surface area contributed by atoms with E-state index in [9.17, 15) is 19.2 Å². The Balaban J connectivity index is 0.000000541. The van der Waals surface area contributed by atoms with Crippen LogP contribution in [0.1, 0.15) is 37.5 Å². The Labute approximate surface area is 224 Å². The minimum absolute atomic E-state index is 0. The second-order valence-electron chi connectivity index (χ2n) is 7.48. The summed E-state index contributed by atoms with van der Waals surface area (Å²) in [6.45, 7) is 7.75. The summed E-state index contributed by atoms with van der Waals surface area (Å²) in [7, 11) is 0. The number of allylic oxidation sites excluding steroid dienone is 6. The number of azide groups is 1. The number of aliphatic hydroxyl groups excluding tert-OH is 1. The summed E-state index contributed by atoms with van der Waals surface area (Å²) < 4.78 is 3.14. The highest BCUT2D eigenvalue weighted by molar-refractivity contribution is 6.42. The topological polar surface area (TPSA) is 173 Å². The number of Topliss-reactive ketones (excluding diaryl/α,β-unsaturated/α-hetero) is 1. The van der Waals surface area contributed by atoms with Crippen LogP contribution in [0.4, 0.5) is 0 Å². The van der Waals surface area contributed by atoms with Gasteiger partial charge >= 0.3 is 0 Å². The first-order valence-corrected chi connectivity index (χ1v) is 11.2. The zero-order chi connectivity index (χ0) is 28.1. The average molecular weight is 532 g/mol. The largest absolute Gasteiger partial charge is 0.504 e. The van der Waals surface area contributed by atoms with Crippen LogP contribution >= 0.6 is 0 Å². The van der Waals surface area contributed by atoms with Crippen LogP contribution in [0.3, 0.4) is 0 Å². The van der Waals surface area contributed by atoms with Crippen LogP contribution in [0.15, 0.2) is 94.9 Å². The number of ketones is 1. The monoisotopic (exact) mass is 531 g/mol. The number of aromatic nitrogens is 4. The van der Waals surface area contributed by atoms with Crippen molar-refractivity contribution in [1.29, 1.82) is 0 Å². The van der Waals surface area contributed by atoms with E-state index in [1.165, 1.54) is 17.8 Å². The molecule has 1 amide bonds. The van der Waals surface area contributed by atoms with Crippen molar-refractivity contribution in [3.63, 3.8) is 0 Å². The molecule has 12 nitrogen and oxygen atoms in total. The van der Waals surface area contributed by atoms with Crippen molar-refractivity contribution in [2.24, 2.45) is 5.11 Å². The van der Waals surface area contributed by atoms with Gasteiger partial charge in [-0.2, -0.15) is 0 Å². The van der Waals surface area contributed by atoms with E-state index in [-0.39, 0.29) is 24.3 Å². The fraction of sp³-hybridized carbons (Fsp3) is 0.185. The first-order chi connectivity index (χ1) is 18.3. The first-order valence-electron chi connectivity index (χ1n) is 11.2. The number of fused-ring (bicyclic) bond motifs is 1. The normalized spacial score (nSPS) is 11.1. The number of rotatable bonds is 9. The van der Waals surface area contributed by atoms with Gasteiger partial charge in [-0.1, -0.05) is 68.6 Å². The van der Waals surface area contributed by atoms with Crippen molar-refractivity contribution >= 4 is 29.1 Å². The number of aliphatic hydroxyl groups is 1. The summed E-state index contributed by atoms with van der Waals surface area (Å²) in [6.07, 6.45) is 10.5. The Hall–Kier alpha value is -5.35. The predicted molar refractivity (Wildman–Crippen MR) is 148 cm³/mol. The van der Waals surface area contributed by atoms with Crippen LogP contribution in [0.5, 0.6) is 0 Å². The zero-order valence-corrected chi connectivity index (χ0v) is 20.8. The van der Waals surface area contributed by atoms with Crippen molar-refractivity contribution in [3.8, 4) is 0 Å². The molecule has 39 heavy (non-hydrogen) atoms. The quantitative estimate of drug-likeness (QED) is 0.0612. The molecule has 0 saturated carbocycles. The van der Waals surface area contributed by atoms with Crippen LogP contribution in [-0.4, -0.2) is 42.2 Å². The molecule has 12 heteroatoms. The lowest BCUT2D eigenvalue weighted by Crippen LogP contribution is -2.21. The van der Waals surface area contributed by atoms with E-state index >= 15 is 0 Å². The van der Waals surface area contributed by atoms with Crippen molar-refractivity contribution in [2.75, 3.05) is 0 Å². The maximum Gasteiger partial charge on any atom is 0.292 e. The van der Waals surface area contributed by atoms with Crippen molar-refractivity contribution < 1.29 is 19.5 Å². The highest BCUT2D eigenvalue weighted by atomic mass is 16.3. The van der Waals surface area contributed by atoms with Gasteiger partial charge in [0.2, 0.25) is 0 Å². The van der Waals surface area contributed by atoms with Gasteiger partial charge in [-0.25, -0.2) is 9.97 Å². The van der Waals surface area contributed by atoms with Gasteiger partial charge in [-0.15, -0.1) is 0 Å². The van der Waals surface area contributed by atoms with E-state index in [2.05, 4.69) is 26.6 Å². The van der Waals surface area contributed by atoms with Crippen LogP contribution in [0, 0.1) is 0 Å². The fourth-order valence-electron chi connectivity index (χ4n) is 3.22. The number of hydrogen-bond acceptors (Lipinski definition) is 7. The number of carbonyl (C=O) groups is 3. The maximum atomic E-state index is 12.8. The molecule has 3 aromatic rings. The Morgan fingerprint density at radius 1 is 1.23 bits per heavy atom. The summed E-state index contributed by atoms with van der Waals surface area (Å²) in [5.74, 6) is -3.07. The number of hydrogen-bond donors (Lipinski definition) is 1. The summed E-state index contributed by atoms with van der Waals surface area (Å²) in [5, 5.41) is 11.1. The van der Waals surface area contributed by atoms with E-state index in [1.807, 2.05) is 55.5 Å². The predicted octanol–water partition coefficient (Wildman–Crippen LogP) is 4.63. The van der Waals surface area contributed by atoms with E-state index in [1.54, 1.807) is 10.6 Å². The number of nitrogens with zero attached hydrogens (tertiary/aromatic N) is 7. The molecule has 0 aliphatic carbocycles. The fourth-order valence-corrected chi connectivity index (χ4v) is 3.22. The Bertz CT molecular complexity index is 1540. The van der Waals surface area contributed by atoms with Gasteiger partial charge in [0, 0.05) is 4.91 Å². The van der Waals surface area contributed by atoms with Crippen LogP contribution in [0.25, 0.3) is 21.6 Å². The van der Waals surface area contributed by atoms with Gasteiger partial charge in [0.05, 0.1) is 13.1 Å². The van der Waals surface area contributed by atoms with Gasteiger partial charge in [-0.05, 0) is 41.7 Å². The van der Waals surface area contributed by atoms with Crippen LogP contribution < -0.4 is 5.56 Å². The van der Waals surface area contributed by atoms with Gasteiger partial charge in [0.25, 0.3) is 17.2 Å². The Morgan fingerprint density at radius 3 is 2.49 bits per heavy atom. The molecule has 0 bridgehead atoms. The minimum atomic E-state index is -1.32. The van der Waals surface area contributed by atoms with Crippen LogP contribution in [0.2, 0.25) is 0 Å². The molecular weight excluding hydrogens is 502 g/mol. The second-order valence-corrected chi connectivity index (χ2v) is 7.48. The highest BCUT2D eigenvalue weighted by Crippen LogP contribution is 2.14. The molecule has 3 rings (SSSR count). The molecule has 0 aliphatic rings. The summed E-state index contributed by atoms with van der Waals surface area (Å²) in [6, 6.07) is 9.64. The van der Waals surface area contributed by atoms with Crippen LogP contribution in [-0.2, 0) is 22.7 Å². The molecular formula is C27H29N7O5.